The molecule has 1 nitrogen and oxygen atoms in total. The topological polar surface area (TPSA) is 26.0 Å². The number of rotatable bonds is 1. The smallest absolute Gasteiger partial charge is 0.0862 e. The molecule has 0 aliphatic carbocycles. The highest BCUT2D eigenvalue weighted by Crippen LogP contribution is 2.28. The molecule has 1 aromatic carbocycles. The summed E-state index contributed by atoms with van der Waals surface area (Å²) >= 11 is 7.41. The van der Waals surface area contributed by atoms with Crippen molar-refractivity contribution < 1.29 is 0 Å². The van der Waals surface area contributed by atoms with Crippen molar-refractivity contribution >= 4 is 40.3 Å². The summed E-state index contributed by atoms with van der Waals surface area (Å²) < 4.78 is 0. The standard InChI is InChI=1S/C10H8ClNS.ClH/c11-9-3-1-2-7(4-9)8-5-10(12)13-6-8;/h1-6H,12H2;1H. The van der Waals surface area contributed by atoms with Crippen LogP contribution in [-0.4, -0.2) is 0 Å². The quantitative estimate of drug-likeness (QED) is 0.806. The van der Waals surface area contributed by atoms with Crippen molar-refractivity contribution in [2.24, 2.45) is 0 Å². The lowest BCUT2D eigenvalue weighted by molar-refractivity contribution is 1.67. The van der Waals surface area contributed by atoms with Crippen LogP contribution in [0, 0.1) is 0 Å². The van der Waals surface area contributed by atoms with Crippen LogP contribution >= 0.6 is 35.3 Å². The van der Waals surface area contributed by atoms with Crippen molar-refractivity contribution in [2.75, 3.05) is 5.73 Å². The molecular formula is C10H9Cl2NS. The molecule has 0 saturated carbocycles. The first-order chi connectivity index (χ1) is 6.25. The molecule has 0 atom stereocenters. The summed E-state index contributed by atoms with van der Waals surface area (Å²) in [5, 5.41) is 3.61. The number of nitrogen functional groups attached to an aromatic ring is 1. The Morgan fingerprint density at radius 1 is 1.14 bits per heavy atom. The second-order valence-corrected chi connectivity index (χ2v) is 4.13. The number of halogens is 2. The molecule has 0 amide bonds. The van der Waals surface area contributed by atoms with Gasteiger partial charge in [-0.3, -0.25) is 0 Å². The van der Waals surface area contributed by atoms with E-state index in [1.54, 1.807) is 0 Å². The molecule has 0 radical (unpaired) electrons. The average Bonchev–Trinajstić information content (AvgIpc) is 2.52. The summed E-state index contributed by atoms with van der Waals surface area (Å²) in [6.07, 6.45) is 0. The molecule has 0 aliphatic heterocycles. The molecule has 14 heavy (non-hydrogen) atoms. The van der Waals surface area contributed by atoms with E-state index in [1.807, 2.05) is 35.7 Å². The molecule has 0 spiro atoms. The number of hydrogen-bond acceptors (Lipinski definition) is 2. The number of benzene rings is 1. The van der Waals surface area contributed by atoms with E-state index in [4.69, 9.17) is 17.3 Å². The van der Waals surface area contributed by atoms with Gasteiger partial charge in [0.05, 0.1) is 5.00 Å². The van der Waals surface area contributed by atoms with Crippen LogP contribution in [0.4, 0.5) is 5.00 Å². The Morgan fingerprint density at radius 2 is 1.93 bits per heavy atom. The van der Waals surface area contributed by atoms with Gasteiger partial charge in [0.25, 0.3) is 0 Å². The first-order valence-electron chi connectivity index (χ1n) is 3.85. The molecule has 1 aromatic heterocycles. The molecule has 2 N–H and O–H groups in total. The lowest BCUT2D eigenvalue weighted by atomic mass is 10.1. The minimum atomic E-state index is 0. The van der Waals surface area contributed by atoms with E-state index in [0.717, 1.165) is 21.2 Å². The third kappa shape index (κ3) is 2.41. The molecule has 0 saturated heterocycles. The second-order valence-electron chi connectivity index (χ2n) is 2.75. The van der Waals surface area contributed by atoms with Gasteiger partial charge in [-0.05, 0) is 29.3 Å². The van der Waals surface area contributed by atoms with E-state index in [9.17, 15) is 0 Å². The van der Waals surface area contributed by atoms with Gasteiger partial charge < -0.3 is 5.73 Å². The van der Waals surface area contributed by atoms with Crippen LogP contribution in [-0.2, 0) is 0 Å². The van der Waals surface area contributed by atoms with E-state index >= 15 is 0 Å². The zero-order valence-electron chi connectivity index (χ0n) is 7.24. The van der Waals surface area contributed by atoms with Gasteiger partial charge in [0.15, 0.2) is 0 Å². The minimum absolute atomic E-state index is 0. The lowest BCUT2D eigenvalue weighted by Crippen LogP contribution is -1.76. The van der Waals surface area contributed by atoms with Crippen LogP contribution in [0.3, 0.4) is 0 Å². The highest BCUT2D eigenvalue weighted by Gasteiger charge is 2.00. The van der Waals surface area contributed by atoms with Gasteiger partial charge in [-0.25, -0.2) is 0 Å². The highest BCUT2D eigenvalue weighted by molar-refractivity contribution is 7.14. The number of thiophene rings is 1. The SMILES string of the molecule is Cl.Nc1cc(-c2cccc(Cl)c2)cs1. The Morgan fingerprint density at radius 3 is 2.50 bits per heavy atom. The molecule has 4 heteroatoms. The summed E-state index contributed by atoms with van der Waals surface area (Å²) in [6.45, 7) is 0. The van der Waals surface area contributed by atoms with Crippen LogP contribution in [0.5, 0.6) is 0 Å². The van der Waals surface area contributed by atoms with Crippen molar-refractivity contribution in [1.82, 2.24) is 0 Å². The van der Waals surface area contributed by atoms with E-state index in [-0.39, 0.29) is 12.4 Å². The maximum absolute atomic E-state index is 5.87. The first-order valence-corrected chi connectivity index (χ1v) is 5.11. The van der Waals surface area contributed by atoms with Crippen LogP contribution in [0.15, 0.2) is 35.7 Å². The molecular weight excluding hydrogens is 237 g/mol. The van der Waals surface area contributed by atoms with Crippen molar-refractivity contribution in [1.29, 1.82) is 0 Å². The average molecular weight is 246 g/mol. The molecule has 0 unspecified atom stereocenters. The Balaban J connectivity index is 0.000000980. The van der Waals surface area contributed by atoms with Gasteiger partial charge in [-0.2, -0.15) is 0 Å². The highest BCUT2D eigenvalue weighted by atomic mass is 35.5. The largest absolute Gasteiger partial charge is 0.391 e. The van der Waals surface area contributed by atoms with Crippen molar-refractivity contribution in [3.63, 3.8) is 0 Å². The monoisotopic (exact) mass is 245 g/mol. The maximum Gasteiger partial charge on any atom is 0.0862 e. The molecule has 0 bridgehead atoms. The summed E-state index contributed by atoms with van der Waals surface area (Å²) in [7, 11) is 0. The van der Waals surface area contributed by atoms with Gasteiger partial charge in [0, 0.05) is 10.4 Å². The maximum atomic E-state index is 5.87. The van der Waals surface area contributed by atoms with Gasteiger partial charge in [0.2, 0.25) is 0 Å². The van der Waals surface area contributed by atoms with Gasteiger partial charge in [-0.1, -0.05) is 23.7 Å². The predicted octanol–water partition coefficient (Wildman–Crippen LogP) is 4.07. The molecule has 74 valence electrons. The fourth-order valence-corrected chi connectivity index (χ4v) is 2.02. The minimum Gasteiger partial charge on any atom is -0.391 e. The summed E-state index contributed by atoms with van der Waals surface area (Å²) in [5.74, 6) is 0. The fourth-order valence-electron chi connectivity index (χ4n) is 1.17. The van der Waals surface area contributed by atoms with Gasteiger partial charge in [-0.15, -0.1) is 23.7 Å². The van der Waals surface area contributed by atoms with E-state index < -0.39 is 0 Å². The van der Waals surface area contributed by atoms with Crippen LogP contribution in [0.25, 0.3) is 11.1 Å². The van der Waals surface area contributed by atoms with Crippen molar-refractivity contribution in [3.05, 3.63) is 40.7 Å². The van der Waals surface area contributed by atoms with Crippen LogP contribution < -0.4 is 5.73 Å². The zero-order valence-corrected chi connectivity index (χ0v) is 9.62. The summed E-state index contributed by atoms with van der Waals surface area (Å²) in [6, 6.07) is 9.71. The first kappa shape index (κ1) is 11.4. The normalized spacial score (nSPS) is 9.50. The zero-order chi connectivity index (χ0) is 9.26. The van der Waals surface area contributed by atoms with Crippen molar-refractivity contribution in [2.45, 2.75) is 0 Å². The Kier molecular flexibility index (Phi) is 3.81. The Labute approximate surface area is 97.9 Å². The van der Waals surface area contributed by atoms with Gasteiger partial charge >= 0.3 is 0 Å². The molecule has 0 aliphatic rings. The predicted molar refractivity (Wildman–Crippen MR) is 66.4 cm³/mol. The van der Waals surface area contributed by atoms with E-state index in [2.05, 4.69) is 0 Å². The molecule has 2 aromatic rings. The summed E-state index contributed by atoms with van der Waals surface area (Å²) in [5.41, 5.74) is 7.88. The number of hydrogen-bond donors (Lipinski definition) is 1. The van der Waals surface area contributed by atoms with E-state index in [0.29, 0.717) is 0 Å². The van der Waals surface area contributed by atoms with Crippen molar-refractivity contribution in [3.8, 4) is 11.1 Å². The lowest BCUT2D eigenvalue weighted by Gasteiger charge is -1.96. The third-order valence-electron chi connectivity index (χ3n) is 1.78. The molecule has 0 fully saturated rings. The summed E-state index contributed by atoms with van der Waals surface area (Å²) in [4.78, 5) is 0. The number of anilines is 1. The second kappa shape index (κ2) is 4.69. The van der Waals surface area contributed by atoms with Gasteiger partial charge in [0.1, 0.15) is 0 Å². The molecule has 2 rings (SSSR count). The van der Waals surface area contributed by atoms with Crippen LogP contribution in [0.1, 0.15) is 0 Å². The third-order valence-corrected chi connectivity index (χ3v) is 2.77. The van der Waals surface area contributed by atoms with Crippen LogP contribution in [0.2, 0.25) is 5.02 Å². The Hall–Kier alpha value is -0.700. The fraction of sp³-hybridized carbons (Fsp3) is 0. The Bertz CT molecular complexity index is 426. The van der Waals surface area contributed by atoms with E-state index in [1.165, 1.54) is 11.3 Å². The number of nitrogens with two attached hydrogens (primary N) is 1. The molecule has 1 heterocycles.